The summed E-state index contributed by atoms with van der Waals surface area (Å²) in [5, 5.41) is 9.74. The smallest absolute Gasteiger partial charge is 0.273 e. The maximum Gasteiger partial charge on any atom is 0.487 e. The predicted octanol–water partition coefficient (Wildman–Crippen LogP) is 5.50. The van der Waals surface area contributed by atoms with Crippen LogP contribution in [0.5, 0.6) is 0 Å². The highest BCUT2D eigenvalue weighted by atomic mass is 35.5. The van der Waals surface area contributed by atoms with Gasteiger partial charge in [0.1, 0.15) is 0 Å². The second-order valence-electron chi connectivity index (χ2n) is 7.33. The van der Waals surface area contributed by atoms with Crippen LogP contribution in [0.25, 0.3) is 5.57 Å². The van der Waals surface area contributed by atoms with Gasteiger partial charge in [-0.3, -0.25) is 9.69 Å². The molecule has 0 fully saturated rings. The molecule has 0 radical (unpaired) electrons. The van der Waals surface area contributed by atoms with E-state index in [1.165, 1.54) is 48.6 Å². The van der Waals surface area contributed by atoms with Gasteiger partial charge in [0.25, 0.3) is 0 Å². The molecule has 1 amide bonds. The fourth-order valence-electron chi connectivity index (χ4n) is 3.26. The Balaban J connectivity index is 2.30. The molecule has 0 aromatic heterocycles. The minimum atomic E-state index is -4.90. The van der Waals surface area contributed by atoms with Crippen molar-refractivity contribution >= 4 is 23.1 Å². The summed E-state index contributed by atoms with van der Waals surface area (Å²) in [6.07, 6.45) is -1.38. The molecule has 5 nitrogen and oxygen atoms in total. The first-order chi connectivity index (χ1) is 15.1. The Morgan fingerprint density at radius 1 is 1.22 bits per heavy atom. The highest BCUT2D eigenvalue weighted by Crippen LogP contribution is 2.49. The van der Waals surface area contributed by atoms with Gasteiger partial charge in [-0.2, -0.15) is 5.26 Å². The third kappa shape index (κ3) is 4.49. The van der Waals surface area contributed by atoms with Gasteiger partial charge in [-0.1, -0.05) is 55.8 Å². The number of allylic oxidation sites excluding steroid dienone is 2. The molecule has 1 atom stereocenters. The molecule has 0 saturated heterocycles. The molecule has 1 heterocycles. The Morgan fingerprint density at radius 2 is 1.91 bits per heavy atom. The normalized spacial score (nSPS) is 18.3. The van der Waals surface area contributed by atoms with E-state index in [2.05, 4.69) is 5.48 Å². The van der Waals surface area contributed by atoms with Crippen molar-refractivity contribution in [3.63, 3.8) is 0 Å². The number of amides is 1. The Hall–Kier alpha value is -3.28. The standard InChI is InChI=1S/C23H19ClF3N3O2/c1-15(2)21(31)29-32-22(18-6-3-5-16(13-18)14-28)20(17-8-10-19(24)11-9-17)7-4-12-30(22)23(25,26)27/h3-13,15H,1-2H3,(H,29,31). The van der Waals surface area contributed by atoms with Crippen molar-refractivity contribution < 1.29 is 22.8 Å². The van der Waals surface area contributed by atoms with E-state index >= 15 is 0 Å². The van der Waals surface area contributed by atoms with Crippen LogP contribution in [0.3, 0.4) is 0 Å². The molecule has 32 heavy (non-hydrogen) atoms. The van der Waals surface area contributed by atoms with Gasteiger partial charge in [0.05, 0.1) is 11.6 Å². The van der Waals surface area contributed by atoms with Crippen molar-refractivity contribution in [3.8, 4) is 6.07 Å². The van der Waals surface area contributed by atoms with E-state index in [1.807, 2.05) is 6.07 Å². The molecule has 0 spiro atoms. The van der Waals surface area contributed by atoms with Crippen LogP contribution in [0.4, 0.5) is 13.2 Å². The van der Waals surface area contributed by atoms with E-state index in [4.69, 9.17) is 16.4 Å². The van der Waals surface area contributed by atoms with Crippen LogP contribution in [0, 0.1) is 17.2 Å². The summed E-state index contributed by atoms with van der Waals surface area (Å²) in [4.78, 5) is 18.0. The van der Waals surface area contributed by atoms with Crippen LogP contribution in [-0.4, -0.2) is 17.1 Å². The van der Waals surface area contributed by atoms with Gasteiger partial charge in [-0.25, -0.2) is 10.3 Å². The number of nitriles is 1. The van der Waals surface area contributed by atoms with Crippen LogP contribution >= 0.6 is 11.6 Å². The minimum absolute atomic E-state index is 0.00322. The minimum Gasteiger partial charge on any atom is -0.273 e. The Bertz CT molecular complexity index is 1100. The molecule has 166 valence electrons. The fraction of sp³-hybridized carbons (Fsp3) is 0.217. The summed E-state index contributed by atoms with van der Waals surface area (Å²) in [6.45, 7) is 3.17. The molecule has 1 aliphatic rings. The quantitative estimate of drug-likeness (QED) is 0.471. The number of hydrogen-bond donors (Lipinski definition) is 1. The van der Waals surface area contributed by atoms with E-state index in [-0.39, 0.29) is 21.6 Å². The largest absolute Gasteiger partial charge is 0.487 e. The lowest BCUT2D eigenvalue weighted by Gasteiger charge is -2.46. The lowest BCUT2D eigenvalue weighted by atomic mass is 9.85. The number of halogens is 4. The first-order valence-corrected chi connectivity index (χ1v) is 9.97. The van der Waals surface area contributed by atoms with Gasteiger partial charge in [-0.05, 0) is 35.9 Å². The highest BCUT2D eigenvalue weighted by Gasteiger charge is 2.55. The second-order valence-corrected chi connectivity index (χ2v) is 7.76. The van der Waals surface area contributed by atoms with Crippen molar-refractivity contribution in [2.24, 2.45) is 5.92 Å². The summed E-state index contributed by atoms with van der Waals surface area (Å²) >= 11 is 5.97. The van der Waals surface area contributed by atoms with E-state index in [0.717, 1.165) is 6.20 Å². The number of hydrogen-bond acceptors (Lipinski definition) is 4. The fourth-order valence-corrected chi connectivity index (χ4v) is 3.38. The van der Waals surface area contributed by atoms with Crippen molar-refractivity contribution in [2.45, 2.75) is 25.9 Å². The SMILES string of the molecule is CC(C)C(=O)NOC1(c2cccc(C#N)c2)C(c2ccc(Cl)cc2)=CC=CN1C(F)(F)F. The third-order valence-corrected chi connectivity index (χ3v) is 5.09. The molecule has 2 aromatic carbocycles. The average Bonchev–Trinajstić information content (AvgIpc) is 2.77. The average molecular weight is 462 g/mol. The maximum atomic E-state index is 14.3. The van der Waals surface area contributed by atoms with E-state index in [0.29, 0.717) is 10.6 Å². The molecule has 0 aliphatic carbocycles. The number of carbonyl (C=O) groups is 1. The molecule has 1 aliphatic heterocycles. The maximum absolute atomic E-state index is 14.3. The summed E-state index contributed by atoms with van der Waals surface area (Å²) < 4.78 is 42.9. The molecule has 1 N–H and O–H groups in total. The van der Waals surface area contributed by atoms with Crippen molar-refractivity contribution in [3.05, 3.63) is 88.6 Å². The van der Waals surface area contributed by atoms with Crippen LogP contribution in [0.2, 0.25) is 5.02 Å². The van der Waals surface area contributed by atoms with Gasteiger partial charge in [0, 0.05) is 28.3 Å². The van der Waals surface area contributed by atoms with Crippen molar-refractivity contribution in [1.82, 2.24) is 10.4 Å². The molecule has 0 saturated carbocycles. The number of rotatable bonds is 5. The van der Waals surface area contributed by atoms with Crippen LogP contribution in [0.1, 0.15) is 30.5 Å². The summed E-state index contributed by atoms with van der Waals surface area (Å²) in [6, 6.07) is 13.7. The van der Waals surface area contributed by atoms with Gasteiger partial charge >= 0.3 is 6.30 Å². The summed E-state index contributed by atoms with van der Waals surface area (Å²) in [5.74, 6) is -1.15. The number of carbonyl (C=O) groups excluding carboxylic acids is 1. The Kier molecular flexibility index (Phi) is 6.63. The Labute approximate surface area is 188 Å². The molecule has 2 aromatic rings. The van der Waals surface area contributed by atoms with Crippen molar-refractivity contribution in [1.29, 1.82) is 5.26 Å². The molecule has 0 bridgehead atoms. The van der Waals surface area contributed by atoms with E-state index < -0.39 is 23.9 Å². The number of benzene rings is 2. The second kappa shape index (κ2) is 9.07. The summed E-state index contributed by atoms with van der Waals surface area (Å²) in [7, 11) is 0. The first-order valence-electron chi connectivity index (χ1n) is 9.59. The van der Waals surface area contributed by atoms with Gasteiger partial charge < -0.3 is 0 Å². The van der Waals surface area contributed by atoms with Crippen LogP contribution in [-0.2, 0) is 15.4 Å². The zero-order chi connectivity index (χ0) is 23.5. The summed E-state index contributed by atoms with van der Waals surface area (Å²) in [5.41, 5.74) is 0.438. The molecular formula is C23H19ClF3N3O2. The highest BCUT2D eigenvalue weighted by molar-refractivity contribution is 6.30. The third-order valence-electron chi connectivity index (χ3n) is 4.84. The first kappa shape index (κ1) is 23.4. The number of nitrogens with one attached hydrogen (secondary N) is 1. The Morgan fingerprint density at radius 3 is 2.50 bits per heavy atom. The van der Waals surface area contributed by atoms with Crippen LogP contribution < -0.4 is 5.48 Å². The van der Waals surface area contributed by atoms with E-state index in [9.17, 15) is 23.2 Å². The number of nitrogens with zero attached hydrogens (tertiary/aromatic N) is 2. The van der Waals surface area contributed by atoms with Crippen LogP contribution in [0.15, 0.2) is 66.9 Å². The van der Waals surface area contributed by atoms with Gasteiger partial charge in [0.2, 0.25) is 11.6 Å². The molecule has 3 rings (SSSR count). The lowest BCUT2D eigenvalue weighted by molar-refractivity contribution is -0.306. The topological polar surface area (TPSA) is 65.4 Å². The van der Waals surface area contributed by atoms with Crippen molar-refractivity contribution in [2.75, 3.05) is 0 Å². The zero-order valence-corrected chi connectivity index (χ0v) is 17.9. The molecule has 9 heteroatoms. The number of alkyl halides is 3. The lowest BCUT2D eigenvalue weighted by Crippen LogP contribution is -2.56. The number of hydroxylamine groups is 1. The molecular weight excluding hydrogens is 443 g/mol. The molecule has 1 unspecified atom stereocenters. The van der Waals surface area contributed by atoms with Gasteiger partial charge in [-0.15, -0.1) is 13.2 Å². The zero-order valence-electron chi connectivity index (χ0n) is 17.2. The van der Waals surface area contributed by atoms with E-state index in [1.54, 1.807) is 26.0 Å². The monoisotopic (exact) mass is 461 g/mol. The van der Waals surface area contributed by atoms with Gasteiger partial charge in [0.15, 0.2) is 0 Å². The predicted molar refractivity (Wildman–Crippen MR) is 113 cm³/mol.